The van der Waals surface area contributed by atoms with Crippen molar-refractivity contribution < 1.29 is 13.9 Å². The molecule has 0 fully saturated rings. The minimum absolute atomic E-state index is 0.106. The third-order valence-corrected chi connectivity index (χ3v) is 2.76. The van der Waals surface area contributed by atoms with E-state index in [4.69, 9.17) is 16.3 Å². The van der Waals surface area contributed by atoms with Crippen molar-refractivity contribution in [3.63, 3.8) is 0 Å². The SMILES string of the molecule is COc1ccc(Cl)cc1C(=O)Nc1ccccc1F. The molecule has 0 aliphatic rings. The number of hydrogen-bond donors (Lipinski definition) is 1. The number of halogens is 2. The molecule has 0 aliphatic heterocycles. The van der Waals surface area contributed by atoms with Crippen molar-refractivity contribution in [2.24, 2.45) is 0 Å². The van der Waals surface area contributed by atoms with Gasteiger partial charge in [0.2, 0.25) is 0 Å². The summed E-state index contributed by atoms with van der Waals surface area (Å²) in [6, 6.07) is 10.6. The molecule has 0 aromatic heterocycles. The van der Waals surface area contributed by atoms with Crippen LogP contribution in [0.4, 0.5) is 10.1 Å². The molecule has 5 heteroatoms. The minimum Gasteiger partial charge on any atom is -0.496 e. The maximum atomic E-state index is 13.5. The van der Waals surface area contributed by atoms with Gasteiger partial charge in [-0.25, -0.2) is 4.39 Å². The van der Waals surface area contributed by atoms with E-state index in [0.717, 1.165) is 0 Å². The average molecular weight is 280 g/mol. The van der Waals surface area contributed by atoms with Gasteiger partial charge < -0.3 is 10.1 Å². The summed E-state index contributed by atoms with van der Waals surface area (Å²) >= 11 is 5.84. The molecule has 1 amide bonds. The molecule has 2 rings (SSSR count). The van der Waals surface area contributed by atoms with E-state index in [-0.39, 0.29) is 11.3 Å². The van der Waals surface area contributed by atoms with E-state index in [9.17, 15) is 9.18 Å². The lowest BCUT2D eigenvalue weighted by Gasteiger charge is -2.10. The van der Waals surface area contributed by atoms with Gasteiger partial charge in [0.1, 0.15) is 11.6 Å². The number of benzene rings is 2. The van der Waals surface area contributed by atoms with E-state index >= 15 is 0 Å². The molecule has 3 nitrogen and oxygen atoms in total. The molecular formula is C14H11ClFNO2. The summed E-state index contributed by atoms with van der Waals surface area (Å²) < 4.78 is 18.5. The van der Waals surface area contributed by atoms with Crippen LogP contribution in [0.5, 0.6) is 5.75 Å². The van der Waals surface area contributed by atoms with Crippen LogP contribution in [0.2, 0.25) is 5.02 Å². The number of nitrogens with one attached hydrogen (secondary N) is 1. The zero-order chi connectivity index (χ0) is 13.8. The van der Waals surface area contributed by atoms with Crippen molar-refractivity contribution >= 4 is 23.2 Å². The Hall–Kier alpha value is -2.07. The monoisotopic (exact) mass is 279 g/mol. The molecule has 0 heterocycles. The van der Waals surface area contributed by atoms with Gasteiger partial charge in [-0.05, 0) is 30.3 Å². The molecule has 98 valence electrons. The number of anilines is 1. The fourth-order valence-electron chi connectivity index (χ4n) is 1.61. The zero-order valence-corrected chi connectivity index (χ0v) is 10.9. The summed E-state index contributed by atoms with van der Waals surface area (Å²) in [4.78, 5) is 12.1. The first kappa shape index (κ1) is 13.4. The molecule has 0 atom stereocenters. The van der Waals surface area contributed by atoms with Gasteiger partial charge in [0.25, 0.3) is 5.91 Å². The van der Waals surface area contributed by atoms with Gasteiger partial charge in [0.05, 0.1) is 18.4 Å². The second-order valence-electron chi connectivity index (χ2n) is 3.78. The molecule has 0 spiro atoms. The van der Waals surface area contributed by atoms with E-state index in [1.807, 2.05) is 0 Å². The molecule has 0 unspecified atom stereocenters. The van der Waals surface area contributed by atoms with Crippen LogP contribution < -0.4 is 10.1 Å². The molecular weight excluding hydrogens is 269 g/mol. The Morgan fingerprint density at radius 2 is 2.00 bits per heavy atom. The average Bonchev–Trinajstić information content (AvgIpc) is 2.41. The highest BCUT2D eigenvalue weighted by atomic mass is 35.5. The van der Waals surface area contributed by atoms with E-state index in [1.54, 1.807) is 24.3 Å². The third-order valence-electron chi connectivity index (χ3n) is 2.53. The summed E-state index contributed by atoms with van der Waals surface area (Å²) in [5.41, 5.74) is 0.354. The van der Waals surface area contributed by atoms with Crippen LogP contribution in [-0.2, 0) is 0 Å². The molecule has 0 saturated heterocycles. The summed E-state index contributed by atoms with van der Waals surface area (Å²) in [5.74, 6) is -0.612. The van der Waals surface area contributed by atoms with Crippen LogP contribution >= 0.6 is 11.6 Å². The van der Waals surface area contributed by atoms with Crippen molar-refractivity contribution in [2.75, 3.05) is 12.4 Å². The van der Waals surface area contributed by atoms with Crippen LogP contribution in [-0.4, -0.2) is 13.0 Å². The Morgan fingerprint density at radius 3 is 2.68 bits per heavy atom. The van der Waals surface area contributed by atoms with Gasteiger partial charge in [-0.1, -0.05) is 23.7 Å². The highest BCUT2D eigenvalue weighted by molar-refractivity contribution is 6.31. The number of ether oxygens (including phenoxy) is 1. The summed E-state index contributed by atoms with van der Waals surface area (Å²) in [7, 11) is 1.45. The number of para-hydroxylation sites is 1. The first-order valence-electron chi connectivity index (χ1n) is 5.51. The summed E-state index contributed by atoms with van der Waals surface area (Å²) in [5, 5.41) is 2.88. The van der Waals surface area contributed by atoms with E-state index < -0.39 is 11.7 Å². The minimum atomic E-state index is -0.503. The van der Waals surface area contributed by atoms with Crippen LogP contribution in [0.1, 0.15) is 10.4 Å². The Morgan fingerprint density at radius 1 is 1.26 bits per heavy atom. The van der Waals surface area contributed by atoms with Crippen LogP contribution in [0, 0.1) is 5.82 Å². The highest BCUT2D eigenvalue weighted by Crippen LogP contribution is 2.24. The number of rotatable bonds is 3. The van der Waals surface area contributed by atoms with Crippen LogP contribution in [0.15, 0.2) is 42.5 Å². The van der Waals surface area contributed by atoms with E-state index in [1.165, 1.54) is 25.3 Å². The van der Waals surface area contributed by atoms with Gasteiger partial charge in [0.15, 0.2) is 0 Å². The van der Waals surface area contributed by atoms with Crippen LogP contribution in [0.3, 0.4) is 0 Å². The lowest BCUT2D eigenvalue weighted by Crippen LogP contribution is -2.14. The predicted molar refractivity (Wildman–Crippen MR) is 72.4 cm³/mol. The molecule has 19 heavy (non-hydrogen) atoms. The van der Waals surface area contributed by atoms with E-state index in [2.05, 4.69) is 5.32 Å². The van der Waals surface area contributed by atoms with Gasteiger partial charge in [-0.15, -0.1) is 0 Å². The number of hydrogen-bond acceptors (Lipinski definition) is 2. The first-order chi connectivity index (χ1) is 9.11. The van der Waals surface area contributed by atoms with Crippen molar-refractivity contribution in [1.29, 1.82) is 0 Å². The van der Waals surface area contributed by atoms with Gasteiger partial charge >= 0.3 is 0 Å². The number of carbonyl (C=O) groups is 1. The Labute approximate surface area is 115 Å². The smallest absolute Gasteiger partial charge is 0.259 e. The maximum Gasteiger partial charge on any atom is 0.259 e. The summed E-state index contributed by atoms with van der Waals surface area (Å²) in [6.45, 7) is 0. The van der Waals surface area contributed by atoms with Crippen LogP contribution in [0.25, 0.3) is 0 Å². The third kappa shape index (κ3) is 3.03. The quantitative estimate of drug-likeness (QED) is 0.929. The Bertz CT molecular complexity index is 616. The maximum absolute atomic E-state index is 13.5. The molecule has 2 aromatic carbocycles. The molecule has 0 saturated carbocycles. The fraction of sp³-hybridized carbons (Fsp3) is 0.0714. The first-order valence-corrected chi connectivity index (χ1v) is 5.89. The van der Waals surface area contributed by atoms with Gasteiger partial charge in [-0.3, -0.25) is 4.79 Å². The van der Waals surface area contributed by atoms with Crippen molar-refractivity contribution in [1.82, 2.24) is 0 Å². The van der Waals surface area contributed by atoms with Gasteiger partial charge in [-0.2, -0.15) is 0 Å². The second-order valence-corrected chi connectivity index (χ2v) is 4.22. The normalized spacial score (nSPS) is 10.1. The summed E-state index contributed by atoms with van der Waals surface area (Å²) in [6.07, 6.45) is 0. The topological polar surface area (TPSA) is 38.3 Å². The predicted octanol–water partition coefficient (Wildman–Crippen LogP) is 3.74. The highest BCUT2D eigenvalue weighted by Gasteiger charge is 2.14. The zero-order valence-electron chi connectivity index (χ0n) is 10.1. The molecule has 0 bridgehead atoms. The number of amides is 1. The Balaban J connectivity index is 2.30. The van der Waals surface area contributed by atoms with Crippen molar-refractivity contribution in [3.8, 4) is 5.75 Å². The van der Waals surface area contributed by atoms with Crippen molar-refractivity contribution in [3.05, 3.63) is 58.9 Å². The Kier molecular flexibility index (Phi) is 4.02. The fourth-order valence-corrected chi connectivity index (χ4v) is 1.78. The lowest BCUT2D eigenvalue weighted by atomic mass is 10.2. The molecule has 2 aromatic rings. The van der Waals surface area contributed by atoms with Crippen molar-refractivity contribution in [2.45, 2.75) is 0 Å². The number of carbonyl (C=O) groups excluding carboxylic acids is 1. The molecule has 1 N–H and O–H groups in total. The lowest BCUT2D eigenvalue weighted by molar-refractivity contribution is 0.102. The van der Waals surface area contributed by atoms with Gasteiger partial charge in [0, 0.05) is 5.02 Å². The molecule has 0 radical (unpaired) electrons. The van der Waals surface area contributed by atoms with E-state index in [0.29, 0.717) is 10.8 Å². The largest absolute Gasteiger partial charge is 0.496 e. The second kappa shape index (κ2) is 5.71. The number of methoxy groups -OCH3 is 1. The standard InChI is InChI=1S/C14H11ClFNO2/c1-19-13-7-6-9(15)8-10(13)14(18)17-12-5-3-2-4-11(12)16/h2-8H,1H3,(H,17,18). The molecule has 0 aliphatic carbocycles.